The molecule has 7 fully saturated rings. The fourth-order valence-corrected chi connectivity index (χ4v) is 8.76. The summed E-state index contributed by atoms with van der Waals surface area (Å²) in [4.78, 5) is 28.9. The van der Waals surface area contributed by atoms with Gasteiger partial charge in [0, 0.05) is 0 Å². The molecule has 0 radical (unpaired) electrons. The number of hydrogen-bond donors (Lipinski definition) is 0. The smallest absolute Gasteiger partial charge is 0.234 e. The third-order valence-electron chi connectivity index (χ3n) is 9.14. The van der Waals surface area contributed by atoms with Crippen LogP contribution in [-0.4, -0.2) is 22.3 Å². The third kappa shape index (κ3) is 1.33. The van der Waals surface area contributed by atoms with Crippen molar-refractivity contribution in [2.45, 2.75) is 50.5 Å². The summed E-state index contributed by atoms with van der Waals surface area (Å²) in [6.45, 7) is 0. The lowest BCUT2D eigenvalue weighted by atomic mass is 9.52. The van der Waals surface area contributed by atoms with E-state index in [0.717, 1.165) is 37.0 Å². The number of carbonyl (C=O) groups excluding carboxylic acids is 2. The molecule has 3 heteroatoms. The first-order valence-corrected chi connectivity index (χ1v) is 10.2. The van der Waals surface area contributed by atoms with Gasteiger partial charge in [0.2, 0.25) is 11.8 Å². The van der Waals surface area contributed by atoms with Gasteiger partial charge in [0.15, 0.2) is 0 Å². The van der Waals surface area contributed by atoms with Crippen LogP contribution in [0, 0.1) is 53.3 Å². The van der Waals surface area contributed by atoms with Gasteiger partial charge in [-0.15, -0.1) is 0 Å². The Morgan fingerprint density at radius 2 is 1.21 bits per heavy atom. The molecule has 9 rings (SSSR count). The molecular formula is C21H25NO2. The van der Waals surface area contributed by atoms with E-state index in [4.69, 9.17) is 0 Å². The first kappa shape index (κ1) is 13.1. The zero-order chi connectivity index (χ0) is 15.8. The number of allylic oxidation sites excluding steroid dienone is 2. The van der Waals surface area contributed by atoms with Crippen molar-refractivity contribution < 1.29 is 9.59 Å². The van der Waals surface area contributed by atoms with Crippen LogP contribution in [0.3, 0.4) is 0 Å². The van der Waals surface area contributed by atoms with E-state index in [2.05, 4.69) is 12.2 Å². The Morgan fingerprint density at radius 1 is 0.750 bits per heavy atom. The fraction of sp³-hybridized carbons (Fsp3) is 0.810. The van der Waals surface area contributed by atoms with E-state index < -0.39 is 0 Å². The molecule has 3 nitrogen and oxygen atoms in total. The molecule has 6 atom stereocenters. The van der Waals surface area contributed by atoms with Gasteiger partial charge in [0.05, 0.1) is 17.4 Å². The van der Waals surface area contributed by atoms with Gasteiger partial charge in [-0.3, -0.25) is 14.5 Å². The average molecular weight is 323 g/mol. The highest BCUT2D eigenvalue weighted by Gasteiger charge is 2.70. The summed E-state index contributed by atoms with van der Waals surface area (Å²) in [5, 5.41) is 0. The summed E-state index contributed by atoms with van der Waals surface area (Å²) in [6.07, 6.45) is 13.3. The number of likely N-dealkylation sites (tertiary alicyclic amines) is 1. The maximum atomic E-state index is 13.5. The monoisotopic (exact) mass is 323 g/mol. The molecule has 2 amide bonds. The number of hydrogen-bond acceptors (Lipinski definition) is 2. The Labute approximate surface area is 142 Å². The second kappa shape index (κ2) is 3.83. The lowest BCUT2D eigenvalue weighted by molar-refractivity contribution is -0.159. The summed E-state index contributed by atoms with van der Waals surface area (Å²) in [5.74, 6) is 5.00. The van der Waals surface area contributed by atoms with Gasteiger partial charge < -0.3 is 0 Å². The molecule has 0 aromatic heterocycles. The largest absolute Gasteiger partial charge is 0.276 e. The molecule has 6 saturated carbocycles. The van der Waals surface area contributed by atoms with E-state index in [1.165, 1.54) is 25.7 Å². The number of carbonyl (C=O) groups is 2. The van der Waals surface area contributed by atoms with Crippen LogP contribution in [0.25, 0.3) is 0 Å². The summed E-state index contributed by atoms with van der Waals surface area (Å²) in [6, 6.07) is 0. The second-order valence-corrected chi connectivity index (χ2v) is 10.3. The minimum Gasteiger partial charge on any atom is -0.276 e. The van der Waals surface area contributed by atoms with Crippen molar-refractivity contribution in [1.82, 2.24) is 4.90 Å². The van der Waals surface area contributed by atoms with E-state index in [0.29, 0.717) is 23.7 Å². The Bertz CT molecular complexity index is 637. The van der Waals surface area contributed by atoms with Gasteiger partial charge in [-0.1, -0.05) is 12.2 Å². The summed E-state index contributed by atoms with van der Waals surface area (Å²) >= 11 is 0. The highest BCUT2D eigenvalue weighted by atomic mass is 16.2. The van der Waals surface area contributed by atoms with Crippen LogP contribution in [-0.2, 0) is 9.59 Å². The fourth-order valence-electron chi connectivity index (χ4n) is 8.76. The minimum atomic E-state index is -0.0795. The van der Waals surface area contributed by atoms with Gasteiger partial charge in [0.1, 0.15) is 0 Å². The molecule has 1 heterocycles. The maximum Gasteiger partial charge on any atom is 0.234 e. The quantitative estimate of drug-likeness (QED) is 0.549. The Morgan fingerprint density at radius 3 is 1.67 bits per heavy atom. The molecule has 6 unspecified atom stereocenters. The molecule has 0 N–H and O–H groups in total. The van der Waals surface area contributed by atoms with Crippen LogP contribution in [0.5, 0.6) is 0 Å². The minimum absolute atomic E-state index is 0.00394. The highest BCUT2D eigenvalue weighted by Crippen LogP contribution is 2.67. The number of nitrogens with zero attached hydrogens (tertiary/aromatic N) is 1. The Hall–Kier alpha value is -1.12. The molecule has 0 aromatic rings. The van der Waals surface area contributed by atoms with E-state index in [1.54, 1.807) is 0 Å². The zero-order valence-corrected chi connectivity index (χ0v) is 14.1. The predicted octanol–water partition coefficient (Wildman–Crippen LogP) is 3.01. The van der Waals surface area contributed by atoms with Crippen LogP contribution < -0.4 is 0 Å². The predicted molar refractivity (Wildman–Crippen MR) is 87.5 cm³/mol. The van der Waals surface area contributed by atoms with Crippen molar-refractivity contribution in [2.75, 3.05) is 0 Å². The van der Waals surface area contributed by atoms with Crippen LogP contribution in [0.4, 0.5) is 0 Å². The second-order valence-electron chi connectivity index (χ2n) is 10.3. The molecule has 126 valence electrons. The highest BCUT2D eigenvalue weighted by molar-refractivity contribution is 6.07. The molecule has 9 aliphatic rings. The topological polar surface area (TPSA) is 37.4 Å². The van der Waals surface area contributed by atoms with Crippen molar-refractivity contribution in [3.05, 3.63) is 12.2 Å². The first-order valence-electron chi connectivity index (χ1n) is 10.2. The number of amides is 2. The van der Waals surface area contributed by atoms with Crippen molar-refractivity contribution in [3.8, 4) is 0 Å². The van der Waals surface area contributed by atoms with Crippen LogP contribution >= 0.6 is 0 Å². The summed E-state index contributed by atoms with van der Waals surface area (Å²) in [5.41, 5.74) is -0.0795. The van der Waals surface area contributed by atoms with Gasteiger partial charge in [-0.25, -0.2) is 0 Å². The summed E-state index contributed by atoms with van der Waals surface area (Å²) < 4.78 is 0. The Kier molecular flexibility index (Phi) is 2.10. The maximum absolute atomic E-state index is 13.5. The van der Waals surface area contributed by atoms with Crippen molar-refractivity contribution in [3.63, 3.8) is 0 Å². The normalized spacial score (nSPS) is 61.5. The molecule has 1 aliphatic heterocycles. The molecule has 24 heavy (non-hydrogen) atoms. The Balaban J connectivity index is 1.32. The molecular weight excluding hydrogens is 298 g/mol. The number of rotatable bonds is 1. The molecule has 6 bridgehead atoms. The van der Waals surface area contributed by atoms with Crippen molar-refractivity contribution >= 4 is 11.8 Å². The van der Waals surface area contributed by atoms with E-state index >= 15 is 0 Å². The molecule has 1 saturated heterocycles. The van der Waals surface area contributed by atoms with Gasteiger partial charge >= 0.3 is 0 Å². The lowest BCUT2D eigenvalue weighted by Crippen LogP contribution is -2.62. The SMILES string of the molecule is O=C1C2C3C=CC(C4CC34)C2C(=O)N1C12CC3CC(CC(C3)C1)C2. The van der Waals surface area contributed by atoms with Crippen LogP contribution in [0.2, 0.25) is 0 Å². The average Bonchev–Trinajstić information content (AvgIpc) is 3.30. The zero-order valence-electron chi connectivity index (χ0n) is 14.1. The molecule has 0 spiro atoms. The van der Waals surface area contributed by atoms with Gasteiger partial charge in [0.25, 0.3) is 0 Å². The van der Waals surface area contributed by atoms with Crippen molar-refractivity contribution in [2.24, 2.45) is 53.3 Å². The lowest BCUT2D eigenvalue weighted by Gasteiger charge is -2.59. The van der Waals surface area contributed by atoms with E-state index in [9.17, 15) is 9.59 Å². The summed E-state index contributed by atoms with van der Waals surface area (Å²) in [7, 11) is 0. The van der Waals surface area contributed by atoms with Gasteiger partial charge in [-0.05, 0) is 86.4 Å². The third-order valence-corrected chi connectivity index (χ3v) is 9.14. The van der Waals surface area contributed by atoms with E-state index in [1.807, 2.05) is 4.90 Å². The van der Waals surface area contributed by atoms with Crippen LogP contribution in [0.1, 0.15) is 44.9 Å². The van der Waals surface area contributed by atoms with Crippen molar-refractivity contribution in [1.29, 1.82) is 0 Å². The first-order chi connectivity index (χ1) is 11.6. The number of imide groups is 1. The van der Waals surface area contributed by atoms with Crippen LogP contribution in [0.15, 0.2) is 12.2 Å². The van der Waals surface area contributed by atoms with Gasteiger partial charge in [-0.2, -0.15) is 0 Å². The standard InChI is InChI=1S/C21H25NO2/c23-19-17-13-1-2-14(16-6-15(13)16)18(17)20(24)22(19)21-7-10-3-11(8-21)5-12(4-10)9-21/h1-2,10-18H,3-9H2. The molecule has 0 aromatic carbocycles. The van der Waals surface area contributed by atoms with E-state index in [-0.39, 0.29) is 29.2 Å². The molecule has 8 aliphatic carbocycles.